The maximum atomic E-state index is 15.0. The molecule has 198 valence electrons. The van der Waals surface area contributed by atoms with Gasteiger partial charge in [-0.05, 0) is 51.2 Å². The Morgan fingerprint density at radius 1 is 1.14 bits per heavy atom. The number of aliphatic hydroxyl groups excluding tert-OH is 1. The van der Waals surface area contributed by atoms with Gasteiger partial charge in [0.25, 0.3) is 0 Å². The van der Waals surface area contributed by atoms with E-state index in [9.17, 15) is 18.3 Å². The predicted molar refractivity (Wildman–Crippen MR) is 128 cm³/mol. The summed E-state index contributed by atoms with van der Waals surface area (Å²) >= 11 is 0. The van der Waals surface area contributed by atoms with Gasteiger partial charge in [0.05, 0.1) is 12.8 Å². The SMILES string of the molecule is COc1cc(C(O)NC2CCN(C)CC2)c(F)cc1Nc1ncc(C(F)(F)F)c(Oc2ccccc2)n1. The van der Waals surface area contributed by atoms with Crippen LogP contribution in [-0.4, -0.2) is 53.3 Å². The van der Waals surface area contributed by atoms with Crippen molar-refractivity contribution in [2.75, 3.05) is 32.6 Å². The minimum absolute atomic E-state index is 0.0252. The third kappa shape index (κ3) is 6.64. The van der Waals surface area contributed by atoms with E-state index in [1.54, 1.807) is 18.2 Å². The van der Waals surface area contributed by atoms with Crippen molar-refractivity contribution in [1.82, 2.24) is 20.2 Å². The quantitative estimate of drug-likeness (QED) is 0.286. The van der Waals surface area contributed by atoms with Gasteiger partial charge in [0.2, 0.25) is 11.8 Å². The standard InChI is InChI=1S/C25H27F4N5O3/c1-34-10-8-15(9-11-34)31-22(35)17-12-21(36-2)20(13-19(17)26)32-24-30-14-18(25(27,28)29)23(33-24)37-16-6-4-3-5-7-16/h3-7,12-15,22,31,35H,8-11H2,1-2H3,(H,30,32,33). The number of nitrogens with zero attached hydrogens (tertiary/aromatic N) is 3. The molecule has 0 saturated carbocycles. The average molecular weight is 522 g/mol. The monoisotopic (exact) mass is 521 g/mol. The van der Waals surface area contributed by atoms with Gasteiger partial charge in [-0.2, -0.15) is 18.2 Å². The fourth-order valence-corrected chi connectivity index (χ4v) is 3.95. The smallest absolute Gasteiger partial charge is 0.423 e. The Hall–Kier alpha value is -3.48. The molecule has 0 radical (unpaired) electrons. The number of benzene rings is 2. The van der Waals surface area contributed by atoms with Crippen LogP contribution in [-0.2, 0) is 6.18 Å². The van der Waals surface area contributed by atoms with Crippen LogP contribution in [0.4, 0.5) is 29.2 Å². The van der Waals surface area contributed by atoms with Gasteiger partial charge in [0, 0.05) is 23.9 Å². The van der Waals surface area contributed by atoms with Crippen LogP contribution in [0.5, 0.6) is 17.4 Å². The molecular formula is C25H27F4N5O3. The lowest BCUT2D eigenvalue weighted by Gasteiger charge is -2.31. The Kier molecular flexibility index (Phi) is 8.10. The molecule has 1 unspecified atom stereocenters. The van der Waals surface area contributed by atoms with Crippen molar-refractivity contribution in [1.29, 1.82) is 0 Å². The van der Waals surface area contributed by atoms with Crippen LogP contribution < -0.4 is 20.1 Å². The van der Waals surface area contributed by atoms with Crippen molar-refractivity contribution in [3.05, 3.63) is 65.6 Å². The van der Waals surface area contributed by atoms with Gasteiger partial charge < -0.3 is 24.8 Å². The lowest BCUT2D eigenvalue weighted by Crippen LogP contribution is -2.42. The zero-order valence-corrected chi connectivity index (χ0v) is 20.2. The normalized spacial score (nSPS) is 15.9. The fourth-order valence-electron chi connectivity index (χ4n) is 3.95. The van der Waals surface area contributed by atoms with Crippen LogP contribution in [0.3, 0.4) is 0 Å². The Morgan fingerprint density at radius 3 is 2.49 bits per heavy atom. The number of nitrogens with one attached hydrogen (secondary N) is 2. The molecule has 3 N–H and O–H groups in total. The van der Waals surface area contributed by atoms with Crippen LogP contribution in [0.1, 0.15) is 30.2 Å². The number of aliphatic hydroxyl groups is 1. The maximum absolute atomic E-state index is 15.0. The Balaban J connectivity index is 1.57. The van der Waals surface area contributed by atoms with Crippen molar-refractivity contribution in [2.24, 2.45) is 0 Å². The van der Waals surface area contributed by atoms with Gasteiger partial charge in [0.1, 0.15) is 29.1 Å². The molecule has 1 aromatic heterocycles. The molecule has 0 amide bonds. The average Bonchev–Trinajstić information content (AvgIpc) is 2.85. The summed E-state index contributed by atoms with van der Waals surface area (Å²) in [6.07, 6.45) is -3.83. The number of hydrogen-bond donors (Lipinski definition) is 3. The van der Waals surface area contributed by atoms with Crippen molar-refractivity contribution >= 4 is 11.6 Å². The van der Waals surface area contributed by atoms with Gasteiger partial charge in [-0.3, -0.25) is 5.32 Å². The van der Waals surface area contributed by atoms with E-state index < -0.39 is 29.7 Å². The number of rotatable bonds is 8. The number of alkyl halides is 3. The highest BCUT2D eigenvalue weighted by molar-refractivity contribution is 5.64. The summed E-state index contributed by atoms with van der Waals surface area (Å²) in [5.41, 5.74) is -1.14. The molecule has 3 aromatic rings. The number of likely N-dealkylation sites (tertiary alicyclic amines) is 1. The first-order valence-electron chi connectivity index (χ1n) is 11.6. The molecule has 1 aliphatic heterocycles. The molecule has 37 heavy (non-hydrogen) atoms. The molecule has 12 heteroatoms. The van der Waals surface area contributed by atoms with Gasteiger partial charge in [-0.1, -0.05) is 18.2 Å². The second-order valence-electron chi connectivity index (χ2n) is 8.67. The molecule has 4 rings (SSSR count). The number of ether oxygens (including phenoxy) is 2. The van der Waals surface area contributed by atoms with Gasteiger partial charge in [-0.25, -0.2) is 9.37 Å². The van der Waals surface area contributed by atoms with E-state index in [1.165, 1.54) is 25.3 Å². The summed E-state index contributed by atoms with van der Waals surface area (Å²) in [6.45, 7) is 1.73. The van der Waals surface area contributed by atoms with E-state index in [-0.39, 0.29) is 34.7 Å². The van der Waals surface area contributed by atoms with Gasteiger partial charge in [-0.15, -0.1) is 0 Å². The minimum atomic E-state index is -4.76. The summed E-state index contributed by atoms with van der Waals surface area (Å²) in [4.78, 5) is 9.77. The van der Waals surface area contributed by atoms with Gasteiger partial charge in [0.15, 0.2) is 0 Å². The number of para-hydroxylation sites is 1. The summed E-state index contributed by atoms with van der Waals surface area (Å²) in [5.74, 6) is -1.45. The highest BCUT2D eigenvalue weighted by Gasteiger charge is 2.36. The first kappa shape index (κ1) is 26.6. The zero-order valence-electron chi connectivity index (χ0n) is 20.2. The Morgan fingerprint density at radius 2 is 1.84 bits per heavy atom. The number of halogens is 4. The zero-order chi connectivity index (χ0) is 26.6. The lowest BCUT2D eigenvalue weighted by molar-refractivity contribution is -0.139. The topological polar surface area (TPSA) is 91.8 Å². The van der Waals surface area contributed by atoms with Crippen LogP contribution in [0.15, 0.2) is 48.7 Å². The van der Waals surface area contributed by atoms with Crippen LogP contribution >= 0.6 is 0 Å². The number of piperidine rings is 1. The molecule has 2 heterocycles. The molecule has 0 aliphatic carbocycles. The van der Waals surface area contributed by atoms with Crippen LogP contribution in [0.25, 0.3) is 0 Å². The van der Waals surface area contributed by atoms with E-state index >= 15 is 4.39 Å². The molecule has 8 nitrogen and oxygen atoms in total. The first-order valence-corrected chi connectivity index (χ1v) is 11.6. The summed E-state index contributed by atoms with van der Waals surface area (Å²) in [7, 11) is 3.36. The van der Waals surface area contributed by atoms with Crippen molar-refractivity contribution < 1.29 is 32.1 Å². The predicted octanol–water partition coefficient (Wildman–Crippen LogP) is 4.85. The third-order valence-corrected chi connectivity index (χ3v) is 5.99. The molecule has 1 atom stereocenters. The number of methoxy groups -OCH3 is 1. The second kappa shape index (κ2) is 11.3. The molecule has 1 fully saturated rings. The van der Waals surface area contributed by atoms with E-state index in [0.29, 0.717) is 6.20 Å². The molecule has 2 aromatic carbocycles. The van der Waals surface area contributed by atoms with Gasteiger partial charge >= 0.3 is 6.18 Å². The molecule has 0 bridgehead atoms. The number of anilines is 2. The summed E-state index contributed by atoms with van der Waals surface area (Å²) < 4.78 is 66.2. The Labute approximate surface area is 211 Å². The summed E-state index contributed by atoms with van der Waals surface area (Å²) in [5, 5.41) is 16.3. The first-order chi connectivity index (χ1) is 17.6. The molecular weight excluding hydrogens is 494 g/mol. The Bertz CT molecular complexity index is 1200. The largest absolute Gasteiger partial charge is 0.495 e. The van der Waals surface area contributed by atoms with Crippen LogP contribution in [0.2, 0.25) is 0 Å². The van der Waals surface area contributed by atoms with Crippen LogP contribution in [0, 0.1) is 5.82 Å². The maximum Gasteiger partial charge on any atom is 0.423 e. The minimum Gasteiger partial charge on any atom is -0.495 e. The highest BCUT2D eigenvalue weighted by atomic mass is 19.4. The van der Waals surface area contributed by atoms with E-state index in [0.717, 1.165) is 32.0 Å². The van der Waals surface area contributed by atoms with Crippen molar-refractivity contribution in [3.63, 3.8) is 0 Å². The molecule has 1 saturated heterocycles. The summed E-state index contributed by atoms with van der Waals surface area (Å²) in [6, 6.07) is 10.3. The number of aromatic nitrogens is 2. The molecule has 0 spiro atoms. The van der Waals surface area contributed by atoms with Crippen molar-refractivity contribution in [2.45, 2.75) is 31.3 Å². The van der Waals surface area contributed by atoms with E-state index in [1.807, 2.05) is 7.05 Å². The molecule has 1 aliphatic rings. The second-order valence-corrected chi connectivity index (χ2v) is 8.67. The fraction of sp³-hybridized carbons (Fsp3) is 0.360. The number of hydrogen-bond acceptors (Lipinski definition) is 8. The van der Waals surface area contributed by atoms with E-state index in [2.05, 4.69) is 25.5 Å². The van der Waals surface area contributed by atoms with E-state index in [4.69, 9.17) is 9.47 Å². The highest BCUT2D eigenvalue weighted by Crippen LogP contribution is 2.38. The lowest BCUT2D eigenvalue weighted by atomic mass is 10.0. The van der Waals surface area contributed by atoms with Crippen molar-refractivity contribution in [3.8, 4) is 17.4 Å². The third-order valence-electron chi connectivity index (χ3n) is 5.99.